The summed E-state index contributed by atoms with van der Waals surface area (Å²) in [6.07, 6.45) is 1.51. The van der Waals surface area contributed by atoms with Crippen molar-refractivity contribution in [2.45, 2.75) is 13.5 Å². The average Bonchev–Trinajstić information content (AvgIpc) is 2.31. The molecule has 0 amide bonds. The average molecular weight is 243 g/mol. The van der Waals surface area contributed by atoms with E-state index in [1.165, 1.54) is 16.8 Å². The van der Waals surface area contributed by atoms with Crippen molar-refractivity contribution in [2.75, 3.05) is 0 Å². The van der Waals surface area contributed by atoms with Crippen LogP contribution < -0.4 is 5.56 Å². The molecule has 1 N–H and O–H groups in total. The summed E-state index contributed by atoms with van der Waals surface area (Å²) < 4.78 is 1.49. The maximum Gasteiger partial charge on any atom is 0.335 e. The van der Waals surface area contributed by atoms with Gasteiger partial charge >= 0.3 is 5.97 Å². The maximum atomic E-state index is 11.7. The Kier molecular flexibility index (Phi) is 3.28. The molecular formula is C14H13NO3. The Balaban J connectivity index is 2.30. The van der Waals surface area contributed by atoms with Crippen LogP contribution in [0, 0.1) is 6.92 Å². The number of carboxylic acids is 1. The molecule has 0 aliphatic rings. The zero-order valence-electron chi connectivity index (χ0n) is 9.96. The number of hydrogen-bond acceptors (Lipinski definition) is 2. The standard InChI is InChI=1S/C14H13NO3/c1-10-3-2-4-11(7-10)9-15-6-5-12(14(17)18)8-13(15)16/h2-8H,9H2,1H3,(H,17,18). The van der Waals surface area contributed by atoms with Crippen molar-refractivity contribution in [1.29, 1.82) is 0 Å². The van der Waals surface area contributed by atoms with Gasteiger partial charge in [-0.3, -0.25) is 4.79 Å². The molecule has 0 unspecified atom stereocenters. The lowest BCUT2D eigenvalue weighted by molar-refractivity contribution is 0.0696. The molecule has 0 spiro atoms. The summed E-state index contributed by atoms with van der Waals surface area (Å²) in [7, 11) is 0. The van der Waals surface area contributed by atoms with Crippen LogP contribution in [0.1, 0.15) is 21.5 Å². The van der Waals surface area contributed by atoms with Gasteiger partial charge in [-0.1, -0.05) is 29.8 Å². The Morgan fingerprint density at radius 2 is 2.06 bits per heavy atom. The fourth-order valence-corrected chi connectivity index (χ4v) is 1.78. The van der Waals surface area contributed by atoms with Crippen molar-refractivity contribution in [3.63, 3.8) is 0 Å². The van der Waals surface area contributed by atoms with Gasteiger partial charge in [0.05, 0.1) is 12.1 Å². The topological polar surface area (TPSA) is 59.3 Å². The summed E-state index contributed by atoms with van der Waals surface area (Å²) in [6, 6.07) is 10.4. The van der Waals surface area contributed by atoms with E-state index in [2.05, 4.69) is 0 Å². The van der Waals surface area contributed by atoms with Gasteiger partial charge in [-0.25, -0.2) is 4.79 Å². The van der Waals surface area contributed by atoms with Gasteiger partial charge in [-0.2, -0.15) is 0 Å². The predicted molar refractivity (Wildman–Crippen MR) is 67.9 cm³/mol. The first kappa shape index (κ1) is 12.1. The fraction of sp³-hybridized carbons (Fsp3) is 0.143. The normalized spacial score (nSPS) is 10.3. The Bertz CT molecular complexity index is 643. The van der Waals surface area contributed by atoms with Crippen molar-refractivity contribution in [3.8, 4) is 0 Å². The van der Waals surface area contributed by atoms with Crippen LogP contribution in [0.5, 0.6) is 0 Å². The second-order valence-corrected chi connectivity index (χ2v) is 4.18. The molecule has 1 aromatic carbocycles. The van der Waals surface area contributed by atoms with Crippen LogP contribution in [0.2, 0.25) is 0 Å². The van der Waals surface area contributed by atoms with E-state index in [-0.39, 0.29) is 11.1 Å². The van der Waals surface area contributed by atoms with Crippen LogP contribution in [0.4, 0.5) is 0 Å². The first-order valence-electron chi connectivity index (χ1n) is 5.55. The number of nitrogens with zero attached hydrogens (tertiary/aromatic N) is 1. The minimum atomic E-state index is -1.09. The van der Waals surface area contributed by atoms with Crippen LogP contribution in [0.3, 0.4) is 0 Å². The van der Waals surface area contributed by atoms with Gasteiger partial charge in [0.15, 0.2) is 0 Å². The second kappa shape index (κ2) is 4.87. The van der Waals surface area contributed by atoms with E-state index in [1.54, 1.807) is 0 Å². The summed E-state index contributed by atoms with van der Waals surface area (Å²) >= 11 is 0. The lowest BCUT2D eigenvalue weighted by Gasteiger charge is -2.06. The Hall–Kier alpha value is -2.36. The lowest BCUT2D eigenvalue weighted by atomic mass is 10.1. The van der Waals surface area contributed by atoms with E-state index in [4.69, 9.17) is 5.11 Å². The highest BCUT2D eigenvalue weighted by atomic mass is 16.4. The van der Waals surface area contributed by atoms with Gasteiger partial charge in [0.2, 0.25) is 0 Å². The second-order valence-electron chi connectivity index (χ2n) is 4.18. The van der Waals surface area contributed by atoms with Crippen molar-refractivity contribution < 1.29 is 9.90 Å². The molecule has 4 heteroatoms. The van der Waals surface area contributed by atoms with Crippen LogP contribution in [-0.4, -0.2) is 15.6 Å². The quantitative estimate of drug-likeness (QED) is 0.895. The van der Waals surface area contributed by atoms with Gasteiger partial charge in [-0.05, 0) is 18.6 Å². The highest BCUT2D eigenvalue weighted by molar-refractivity contribution is 5.87. The van der Waals surface area contributed by atoms with Gasteiger partial charge in [0.1, 0.15) is 0 Å². The number of aromatic carboxylic acids is 1. The van der Waals surface area contributed by atoms with E-state index in [0.29, 0.717) is 6.54 Å². The minimum absolute atomic E-state index is 0.0143. The molecule has 4 nitrogen and oxygen atoms in total. The van der Waals surface area contributed by atoms with Crippen LogP contribution in [-0.2, 0) is 6.54 Å². The van der Waals surface area contributed by atoms with Crippen LogP contribution in [0.25, 0.3) is 0 Å². The Morgan fingerprint density at radius 3 is 2.67 bits per heavy atom. The molecule has 18 heavy (non-hydrogen) atoms. The van der Waals surface area contributed by atoms with Gasteiger partial charge < -0.3 is 9.67 Å². The Labute approximate surface area is 104 Å². The summed E-state index contributed by atoms with van der Waals surface area (Å²) in [5, 5.41) is 8.78. The third-order valence-electron chi connectivity index (χ3n) is 2.68. The molecule has 92 valence electrons. The fourth-order valence-electron chi connectivity index (χ4n) is 1.78. The number of rotatable bonds is 3. The van der Waals surface area contributed by atoms with Gasteiger partial charge in [0.25, 0.3) is 5.56 Å². The van der Waals surface area contributed by atoms with E-state index in [9.17, 15) is 9.59 Å². The lowest BCUT2D eigenvalue weighted by Crippen LogP contribution is -2.20. The number of aromatic nitrogens is 1. The predicted octanol–water partition coefficient (Wildman–Crippen LogP) is 1.90. The molecule has 0 aliphatic heterocycles. The number of pyridine rings is 1. The van der Waals surface area contributed by atoms with Crippen molar-refractivity contribution in [2.24, 2.45) is 0 Å². The minimum Gasteiger partial charge on any atom is -0.478 e. The largest absolute Gasteiger partial charge is 0.478 e. The summed E-state index contributed by atoms with van der Waals surface area (Å²) in [5.41, 5.74) is 1.85. The zero-order chi connectivity index (χ0) is 13.1. The summed E-state index contributed by atoms with van der Waals surface area (Å²) in [6.45, 7) is 2.43. The summed E-state index contributed by atoms with van der Waals surface area (Å²) in [5.74, 6) is -1.09. The van der Waals surface area contributed by atoms with Gasteiger partial charge in [-0.15, -0.1) is 0 Å². The number of benzene rings is 1. The molecular weight excluding hydrogens is 230 g/mol. The van der Waals surface area contributed by atoms with Crippen molar-refractivity contribution in [1.82, 2.24) is 4.57 Å². The number of carbonyl (C=O) groups is 1. The third-order valence-corrected chi connectivity index (χ3v) is 2.68. The molecule has 2 aromatic rings. The first-order chi connectivity index (χ1) is 8.56. The molecule has 0 saturated heterocycles. The maximum absolute atomic E-state index is 11.7. The summed E-state index contributed by atoms with van der Waals surface area (Å²) in [4.78, 5) is 22.5. The molecule has 0 saturated carbocycles. The highest BCUT2D eigenvalue weighted by Gasteiger charge is 2.05. The highest BCUT2D eigenvalue weighted by Crippen LogP contribution is 2.05. The van der Waals surface area contributed by atoms with Crippen molar-refractivity contribution >= 4 is 5.97 Å². The SMILES string of the molecule is Cc1cccc(Cn2ccc(C(=O)O)cc2=O)c1. The van der Waals surface area contributed by atoms with E-state index in [1.807, 2.05) is 31.2 Å². The number of hydrogen-bond donors (Lipinski definition) is 1. The van der Waals surface area contributed by atoms with Crippen LogP contribution in [0.15, 0.2) is 47.4 Å². The molecule has 0 bridgehead atoms. The van der Waals surface area contributed by atoms with Crippen molar-refractivity contribution in [3.05, 3.63) is 69.6 Å². The molecule has 0 fully saturated rings. The Morgan fingerprint density at radius 1 is 1.28 bits per heavy atom. The molecule has 1 aromatic heterocycles. The molecule has 0 atom stereocenters. The monoisotopic (exact) mass is 243 g/mol. The van der Waals surface area contributed by atoms with E-state index >= 15 is 0 Å². The van der Waals surface area contributed by atoms with E-state index in [0.717, 1.165) is 17.2 Å². The van der Waals surface area contributed by atoms with Gasteiger partial charge in [0, 0.05) is 12.3 Å². The number of carboxylic acid groups (broad SMARTS) is 1. The zero-order valence-corrected chi connectivity index (χ0v) is 9.96. The molecule has 2 rings (SSSR count). The van der Waals surface area contributed by atoms with E-state index < -0.39 is 5.97 Å². The first-order valence-corrected chi connectivity index (χ1v) is 5.55. The molecule has 0 aliphatic carbocycles. The smallest absolute Gasteiger partial charge is 0.335 e. The molecule has 1 heterocycles. The number of aryl methyl sites for hydroxylation is 1. The third kappa shape index (κ3) is 2.66. The van der Waals surface area contributed by atoms with Crippen LogP contribution >= 0.6 is 0 Å². The molecule has 0 radical (unpaired) electrons.